The van der Waals surface area contributed by atoms with E-state index in [-0.39, 0.29) is 12.2 Å². The molecule has 6 nitrogen and oxygen atoms in total. The van der Waals surface area contributed by atoms with E-state index in [1.165, 1.54) is 16.8 Å². The zero-order valence-corrected chi connectivity index (χ0v) is 10.4. The number of nitrogens with one attached hydrogen (secondary N) is 2. The van der Waals surface area contributed by atoms with Gasteiger partial charge in [-0.2, -0.15) is 5.10 Å². The molecule has 19 heavy (non-hydrogen) atoms. The lowest BCUT2D eigenvalue weighted by Gasteiger charge is -2.07. The van der Waals surface area contributed by atoms with Gasteiger partial charge in [-0.3, -0.25) is 4.68 Å². The van der Waals surface area contributed by atoms with Crippen LogP contribution in [0.2, 0.25) is 0 Å². The fourth-order valence-electron chi connectivity index (χ4n) is 1.53. The van der Waals surface area contributed by atoms with Crippen LogP contribution >= 0.6 is 0 Å². The zero-order valence-electron chi connectivity index (χ0n) is 10.4. The second-order valence-corrected chi connectivity index (χ2v) is 3.97. The largest absolute Gasteiger partial charge is 0.384 e. The quantitative estimate of drug-likeness (QED) is 0.783. The van der Waals surface area contributed by atoms with E-state index in [9.17, 15) is 9.18 Å². The topological polar surface area (TPSA) is 85.0 Å². The molecule has 0 aliphatic carbocycles. The molecule has 0 saturated heterocycles. The van der Waals surface area contributed by atoms with Crippen molar-refractivity contribution in [3.05, 3.63) is 41.8 Å². The number of aromatic nitrogens is 2. The molecular formula is C12H14FN5O. The summed E-state index contributed by atoms with van der Waals surface area (Å²) in [6.07, 6.45) is 1.57. The lowest BCUT2D eigenvalue weighted by Crippen LogP contribution is -2.28. The van der Waals surface area contributed by atoms with Crippen molar-refractivity contribution in [1.29, 1.82) is 0 Å². The van der Waals surface area contributed by atoms with E-state index in [0.717, 1.165) is 0 Å². The number of urea groups is 1. The van der Waals surface area contributed by atoms with Gasteiger partial charge in [0.1, 0.15) is 11.6 Å². The number of benzene rings is 1. The molecule has 0 bridgehead atoms. The third-order valence-electron chi connectivity index (χ3n) is 2.63. The number of carbonyl (C=O) groups is 1. The number of amides is 2. The molecule has 2 rings (SSSR count). The third kappa shape index (κ3) is 3.01. The molecule has 4 N–H and O–H groups in total. The van der Waals surface area contributed by atoms with Gasteiger partial charge in [-0.25, -0.2) is 9.18 Å². The number of nitrogen functional groups attached to an aromatic ring is 1. The van der Waals surface area contributed by atoms with E-state index in [4.69, 9.17) is 5.73 Å². The minimum Gasteiger partial charge on any atom is -0.384 e. The van der Waals surface area contributed by atoms with Crippen LogP contribution in [0.15, 0.2) is 30.5 Å². The summed E-state index contributed by atoms with van der Waals surface area (Å²) in [7, 11) is 1.71. The minimum absolute atomic E-state index is 0.124. The second-order valence-electron chi connectivity index (χ2n) is 3.97. The van der Waals surface area contributed by atoms with E-state index in [1.807, 2.05) is 0 Å². The predicted octanol–water partition coefficient (Wildman–Crippen LogP) is 1.46. The molecule has 0 unspecified atom stereocenters. The van der Waals surface area contributed by atoms with Crippen molar-refractivity contribution in [1.82, 2.24) is 15.1 Å². The van der Waals surface area contributed by atoms with Gasteiger partial charge in [0, 0.05) is 19.2 Å². The summed E-state index contributed by atoms with van der Waals surface area (Å²) in [5.74, 6) is -0.00951. The Morgan fingerprint density at radius 1 is 1.47 bits per heavy atom. The number of hydrogen-bond donors (Lipinski definition) is 3. The van der Waals surface area contributed by atoms with Crippen LogP contribution in [0.5, 0.6) is 0 Å². The molecule has 1 aromatic carbocycles. The van der Waals surface area contributed by atoms with Crippen molar-refractivity contribution in [2.45, 2.75) is 6.54 Å². The standard InChI is InChI=1S/C12H14FN5O/c1-18-11(14)8(7-16-18)6-15-12(19)17-10-5-3-2-4-9(10)13/h2-5,7H,6,14H2,1H3,(H2,15,17,19). The average molecular weight is 263 g/mol. The Morgan fingerprint density at radius 2 is 2.21 bits per heavy atom. The number of carbonyl (C=O) groups excluding carboxylic acids is 1. The van der Waals surface area contributed by atoms with Gasteiger partial charge < -0.3 is 16.4 Å². The Kier molecular flexibility index (Phi) is 3.65. The molecule has 0 aliphatic heterocycles. The van der Waals surface area contributed by atoms with Gasteiger partial charge in [-0.05, 0) is 12.1 Å². The van der Waals surface area contributed by atoms with Gasteiger partial charge >= 0.3 is 6.03 Å². The van der Waals surface area contributed by atoms with Crippen molar-refractivity contribution in [2.24, 2.45) is 7.05 Å². The Morgan fingerprint density at radius 3 is 2.84 bits per heavy atom. The number of halogens is 1. The Hall–Kier alpha value is -2.57. The zero-order chi connectivity index (χ0) is 13.8. The Bertz CT molecular complexity index is 596. The molecule has 0 aliphatic rings. The highest BCUT2D eigenvalue weighted by atomic mass is 19.1. The summed E-state index contributed by atoms with van der Waals surface area (Å²) in [5.41, 5.74) is 6.56. The van der Waals surface area contributed by atoms with Crippen LogP contribution in [-0.2, 0) is 13.6 Å². The first kappa shape index (κ1) is 12.9. The van der Waals surface area contributed by atoms with Crippen molar-refractivity contribution < 1.29 is 9.18 Å². The van der Waals surface area contributed by atoms with Crippen molar-refractivity contribution in [3.8, 4) is 0 Å². The van der Waals surface area contributed by atoms with Crippen LogP contribution in [-0.4, -0.2) is 15.8 Å². The van der Waals surface area contributed by atoms with Gasteiger partial charge in [-0.15, -0.1) is 0 Å². The van der Waals surface area contributed by atoms with E-state index < -0.39 is 11.8 Å². The monoisotopic (exact) mass is 263 g/mol. The smallest absolute Gasteiger partial charge is 0.319 e. The molecule has 0 saturated carbocycles. The van der Waals surface area contributed by atoms with Crippen LogP contribution in [0, 0.1) is 5.82 Å². The SMILES string of the molecule is Cn1ncc(CNC(=O)Nc2ccccc2F)c1N. The Labute approximate surface area is 109 Å². The van der Waals surface area contributed by atoms with Crippen LogP contribution in [0.3, 0.4) is 0 Å². The highest BCUT2D eigenvalue weighted by molar-refractivity contribution is 5.89. The van der Waals surface area contributed by atoms with Crippen molar-refractivity contribution in [3.63, 3.8) is 0 Å². The van der Waals surface area contributed by atoms with Gasteiger partial charge in [0.15, 0.2) is 0 Å². The third-order valence-corrected chi connectivity index (χ3v) is 2.63. The summed E-state index contributed by atoms with van der Waals surface area (Å²) in [5, 5.41) is 8.94. The average Bonchev–Trinajstić information content (AvgIpc) is 2.70. The Balaban J connectivity index is 1.92. The number of nitrogens with two attached hydrogens (primary N) is 1. The van der Waals surface area contributed by atoms with Crippen LogP contribution in [0.1, 0.15) is 5.56 Å². The molecule has 100 valence electrons. The molecule has 7 heteroatoms. The number of anilines is 2. The molecule has 1 aromatic heterocycles. The number of hydrogen-bond acceptors (Lipinski definition) is 3. The summed E-state index contributed by atoms with van der Waals surface area (Å²) in [6, 6.07) is 5.43. The molecule has 0 atom stereocenters. The van der Waals surface area contributed by atoms with E-state index in [2.05, 4.69) is 15.7 Å². The fourth-order valence-corrected chi connectivity index (χ4v) is 1.53. The van der Waals surface area contributed by atoms with Crippen molar-refractivity contribution >= 4 is 17.5 Å². The van der Waals surface area contributed by atoms with E-state index >= 15 is 0 Å². The molecule has 0 fully saturated rings. The maximum atomic E-state index is 13.3. The summed E-state index contributed by atoms with van der Waals surface area (Å²) in [6.45, 7) is 0.222. The van der Waals surface area contributed by atoms with Crippen LogP contribution in [0.4, 0.5) is 20.7 Å². The number of rotatable bonds is 3. The van der Waals surface area contributed by atoms with Gasteiger partial charge in [0.25, 0.3) is 0 Å². The first-order valence-corrected chi connectivity index (χ1v) is 5.63. The molecule has 2 amide bonds. The highest BCUT2D eigenvalue weighted by Crippen LogP contribution is 2.12. The van der Waals surface area contributed by atoms with Gasteiger partial charge in [0.05, 0.1) is 11.9 Å². The second kappa shape index (κ2) is 5.38. The van der Waals surface area contributed by atoms with Gasteiger partial charge in [-0.1, -0.05) is 12.1 Å². The van der Waals surface area contributed by atoms with Crippen molar-refractivity contribution in [2.75, 3.05) is 11.1 Å². The first-order chi connectivity index (χ1) is 9.08. The normalized spacial score (nSPS) is 10.2. The van der Waals surface area contributed by atoms with E-state index in [0.29, 0.717) is 11.4 Å². The fraction of sp³-hybridized carbons (Fsp3) is 0.167. The molecule has 0 radical (unpaired) electrons. The summed E-state index contributed by atoms with van der Waals surface area (Å²) in [4.78, 5) is 11.6. The molecular weight excluding hydrogens is 249 g/mol. The highest BCUT2D eigenvalue weighted by Gasteiger charge is 2.08. The van der Waals surface area contributed by atoms with Crippen LogP contribution in [0.25, 0.3) is 0 Å². The molecule has 1 heterocycles. The predicted molar refractivity (Wildman–Crippen MR) is 69.9 cm³/mol. The maximum absolute atomic E-state index is 13.3. The van der Waals surface area contributed by atoms with E-state index in [1.54, 1.807) is 25.4 Å². The maximum Gasteiger partial charge on any atom is 0.319 e. The lowest BCUT2D eigenvalue weighted by molar-refractivity contribution is 0.251. The molecule has 0 spiro atoms. The van der Waals surface area contributed by atoms with Crippen LogP contribution < -0.4 is 16.4 Å². The number of para-hydroxylation sites is 1. The lowest BCUT2D eigenvalue weighted by atomic mass is 10.3. The number of nitrogens with zero attached hydrogens (tertiary/aromatic N) is 2. The minimum atomic E-state index is -0.506. The summed E-state index contributed by atoms with van der Waals surface area (Å²) >= 11 is 0. The summed E-state index contributed by atoms with van der Waals surface area (Å²) < 4.78 is 14.8. The van der Waals surface area contributed by atoms with Gasteiger partial charge in [0.2, 0.25) is 0 Å². The molecule has 2 aromatic rings. The number of aryl methyl sites for hydroxylation is 1. The first-order valence-electron chi connectivity index (χ1n) is 5.63.